The van der Waals surface area contributed by atoms with Crippen LogP contribution in [0.1, 0.15) is 257 Å². The number of hydrogen-bond acceptors (Lipinski definition) is 24. The van der Waals surface area contributed by atoms with E-state index in [0.717, 1.165) is 47.1 Å². The Bertz CT molecular complexity index is 3930. The summed E-state index contributed by atoms with van der Waals surface area (Å²) in [4.78, 5) is 66.1. The van der Waals surface area contributed by atoms with Crippen molar-refractivity contribution in [2.45, 2.75) is 159 Å². The number of nitrogen functional groups attached to an aromatic ring is 1. The number of esters is 1. The number of ketones is 1. The van der Waals surface area contributed by atoms with Gasteiger partial charge in [-0.3, -0.25) is 29.6 Å². The fourth-order valence-corrected chi connectivity index (χ4v) is 7.12. The molecule has 104 heavy (non-hydrogen) atoms. The molecule has 1 amide bonds. The summed E-state index contributed by atoms with van der Waals surface area (Å²) in [5.41, 5.74) is 12.4. The molecule has 0 bridgehead atoms. The number of carbonyl (C=O) groups is 6. The minimum absolute atomic E-state index is 0. The van der Waals surface area contributed by atoms with Crippen LogP contribution in [0.15, 0.2) is 123 Å². The van der Waals surface area contributed by atoms with E-state index in [0.29, 0.717) is 64.6 Å². The summed E-state index contributed by atoms with van der Waals surface area (Å²) in [5, 5.41) is 44.9. The van der Waals surface area contributed by atoms with Gasteiger partial charge in [0.25, 0.3) is 5.91 Å². The molecule has 26 nitrogen and oxygen atoms in total. The number of nitrogens with two attached hydrogens (primary N) is 2. The number of primary amides is 1. The van der Waals surface area contributed by atoms with Gasteiger partial charge in [-0.2, -0.15) is 31.6 Å². The maximum absolute atomic E-state index is 12.8. The summed E-state index contributed by atoms with van der Waals surface area (Å²) in [6.45, 7) is 25.7. The molecule has 8 aromatic rings. The average molecular weight is 1560 g/mol. The van der Waals surface area contributed by atoms with Gasteiger partial charge in [0.15, 0.2) is 22.9 Å². The number of nitrogens with one attached hydrogen (secondary N) is 1. The van der Waals surface area contributed by atoms with E-state index in [1.165, 1.54) is 24.3 Å². The molecule has 37 heteroatoms. The molecule has 0 radical (unpaired) electrons. The summed E-state index contributed by atoms with van der Waals surface area (Å²) in [6, 6.07) is 21.3. The van der Waals surface area contributed by atoms with Crippen molar-refractivity contribution < 1.29 is 135 Å². The molecule has 0 saturated carbocycles. The standard InChI is InChI=1S/C17H15F3N2O.C9H6BrF3O.C9H13NO3.C7H11N3O.C7H10N2O2.C7H8N2O.C7H9NO3.C2Cl2O2.2CH4.2Li.H2O/c1-10(2)16-8-15(22-23-16)14-7-12(9-21-14)11-4-3-5-13(6-11)17(18,19)20;10-5-8(14)6-2-1-3-7(4-6)9(11,12)13;1-4-12-9(11)7-5-8(6(2)3)13-10-7;1-4(2)6-3-5(7(8)9)10-11-6;1-4(2)6-3-5(7(8)10)9-11-6;1-5(2)7-3-6(4-8)9-10-7;1-4(2)6-3-5(7(9)10)8-11-6;3-1(5)2(4)6;;;;;/h3-6,8-10H,7H2,1-2H3;1-4H,5H2;5-6H,4H2,1-3H3;3-4H,1-2H3,(H3,8,9);3-4H,1-2H3,(H2,8,10);3,5H,1-2H3;3-4H,1-2H3,(H,9,10);;2*1H4;;;1H2/q;;;;;;;;;;2*+1;/p-2. The van der Waals surface area contributed by atoms with Crippen LogP contribution < -0.4 is 54.3 Å². The van der Waals surface area contributed by atoms with Gasteiger partial charge < -0.3 is 58.7 Å². The van der Waals surface area contributed by atoms with E-state index in [-0.39, 0.29) is 127 Å². The third-order valence-electron chi connectivity index (χ3n) is 12.3. The molecule has 6 aromatic heterocycles. The zero-order valence-corrected chi connectivity index (χ0v) is 61.1. The van der Waals surface area contributed by atoms with E-state index >= 15 is 0 Å². The number of aromatic carboxylic acids is 1. The van der Waals surface area contributed by atoms with E-state index in [1.807, 2.05) is 95.2 Å². The number of amidine groups is 1. The van der Waals surface area contributed by atoms with Crippen LogP contribution in [-0.4, -0.2) is 94.0 Å². The monoisotopic (exact) mass is 1560 g/mol. The second-order valence-electron chi connectivity index (χ2n) is 22.2. The first-order valence-electron chi connectivity index (χ1n) is 29.5. The fourth-order valence-electron chi connectivity index (χ4n) is 6.80. The molecule has 0 atom stereocenters. The van der Waals surface area contributed by atoms with Gasteiger partial charge in [-0.05, 0) is 65.5 Å². The second kappa shape index (κ2) is 49.1. The third-order valence-corrected chi connectivity index (χ3v) is 13.2. The molecule has 1 aliphatic rings. The number of amides is 1. The van der Waals surface area contributed by atoms with E-state index < -0.39 is 51.8 Å². The number of carbonyl (C=O) groups excluding carboxylic acids is 6. The first-order chi connectivity index (χ1) is 46.1. The fraction of sp³-hybridized carbons (Fsp3) is 0.388. The number of carboxylic acids is 1. The number of Topliss-reactive ketones (excluding diaryl/α,β-unsaturated/α-hetero) is 1. The Morgan fingerprint density at radius 1 is 0.596 bits per heavy atom. The predicted octanol–water partition coefficient (Wildman–Crippen LogP) is 9.74. The normalized spacial score (nSPS) is 10.9. The topological polar surface area (TPSA) is 433 Å². The summed E-state index contributed by atoms with van der Waals surface area (Å²) in [7, 11) is 0. The summed E-state index contributed by atoms with van der Waals surface area (Å²) >= 11 is 11.9. The summed E-state index contributed by atoms with van der Waals surface area (Å²) in [6.07, 6.45) is -6.72. The molecular formula is C67H80BrCl2F6Li2N11O15. The van der Waals surface area contributed by atoms with Gasteiger partial charge in [-0.1, -0.05) is 169 Å². The molecule has 7 heterocycles. The third kappa shape index (κ3) is 35.6. The Morgan fingerprint density at radius 2 is 0.981 bits per heavy atom. The van der Waals surface area contributed by atoms with Crippen LogP contribution in [0.25, 0.3) is 5.57 Å². The number of hydrogen-bond donors (Lipinski definition) is 3. The van der Waals surface area contributed by atoms with Crippen molar-refractivity contribution in [1.29, 1.82) is 10.7 Å². The van der Waals surface area contributed by atoms with Crippen molar-refractivity contribution in [3.63, 3.8) is 0 Å². The van der Waals surface area contributed by atoms with Gasteiger partial charge in [0.2, 0.25) is 0 Å². The van der Waals surface area contributed by atoms with E-state index in [9.17, 15) is 60.2 Å². The molecule has 1 aliphatic heterocycles. The van der Waals surface area contributed by atoms with Crippen LogP contribution in [0.4, 0.5) is 26.3 Å². The summed E-state index contributed by atoms with van der Waals surface area (Å²) in [5.74, 6) is 2.92. The van der Waals surface area contributed by atoms with E-state index in [4.69, 9.17) is 54.0 Å². The van der Waals surface area contributed by atoms with Gasteiger partial charge in [0.05, 0.1) is 34.7 Å². The quantitative estimate of drug-likeness (QED) is 0.00931. The van der Waals surface area contributed by atoms with Crippen LogP contribution in [0, 0.1) is 16.7 Å². The molecule has 9 rings (SSSR count). The Hall–Kier alpha value is -8.72. The Morgan fingerprint density at radius 3 is 1.33 bits per heavy atom. The van der Waals surface area contributed by atoms with Crippen LogP contribution in [0.3, 0.4) is 0 Å². The number of benzene rings is 2. The van der Waals surface area contributed by atoms with Gasteiger partial charge in [-0.25, -0.2) is 4.79 Å². The minimum atomic E-state index is -4.40. The van der Waals surface area contributed by atoms with Crippen molar-refractivity contribution in [3.8, 4) is 6.07 Å². The second-order valence-corrected chi connectivity index (χ2v) is 23.4. The smallest absolute Gasteiger partial charge is 0.870 e. The number of halogens is 9. The average Bonchev–Trinajstić information content (AvgIpc) is 1.45. The predicted molar refractivity (Wildman–Crippen MR) is 365 cm³/mol. The SMILES string of the molecule is C.C.CC(C)c1cc(C#N)no1.CC(C)c1cc(C(=N)N)no1.CC(C)c1cc(C(=O)[O-])no1.CC(C)c1cc(C(N)=O)no1.CC(C)c1cc(C2=NC=C(c3cccc(C(F)(F)F)c3)C2)no1.CCOC(=O)c1cc(C(C)C)on1.O=C(CBr)c1cccc(C(F)(F)F)c1.O=C(Cl)C(=O)Cl.[Li+].[Li+].[OH-]. The number of nitriles is 1. The first-order valence-corrected chi connectivity index (χ1v) is 31.3. The van der Waals surface area contributed by atoms with Crippen molar-refractivity contribution in [2.75, 3.05) is 11.9 Å². The number of aromatic nitrogens is 6. The molecule has 6 N–H and O–H groups in total. The zero-order chi connectivity index (χ0) is 75.2. The Kier molecular flexibility index (Phi) is 48.0. The number of allylic oxidation sites excluding steroid dienone is 1. The largest absolute Gasteiger partial charge is 1.00 e. The molecule has 0 saturated heterocycles. The first kappa shape index (κ1) is 102. The van der Waals surface area contributed by atoms with Crippen LogP contribution in [0.2, 0.25) is 0 Å². The maximum Gasteiger partial charge on any atom is 1.00 e. The Balaban J connectivity index is -0.000000560. The number of nitrogens with zero attached hydrogens (tertiary/aromatic N) is 8. The van der Waals surface area contributed by atoms with E-state index in [1.54, 1.807) is 43.5 Å². The van der Waals surface area contributed by atoms with Gasteiger partial charge in [-0.15, -0.1) is 0 Å². The van der Waals surface area contributed by atoms with E-state index in [2.05, 4.69) is 75.1 Å². The number of carboxylic acid groups (broad SMARTS) is 1. The molecule has 558 valence electrons. The molecule has 0 aliphatic carbocycles. The van der Waals surface area contributed by atoms with Crippen molar-refractivity contribution in [2.24, 2.45) is 16.5 Å². The van der Waals surface area contributed by atoms with Gasteiger partial charge in [0.1, 0.15) is 63.5 Å². The summed E-state index contributed by atoms with van der Waals surface area (Å²) < 4.78 is 109. The zero-order valence-electron chi connectivity index (χ0n) is 58.0. The van der Waals surface area contributed by atoms with Crippen molar-refractivity contribution in [1.82, 2.24) is 30.9 Å². The van der Waals surface area contributed by atoms with Crippen LogP contribution in [0.5, 0.6) is 0 Å². The van der Waals surface area contributed by atoms with Crippen molar-refractivity contribution in [3.05, 3.63) is 182 Å². The minimum Gasteiger partial charge on any atom is -0.870 e. The molecule has 0 unspecified atom stereocenters. The van der Waals surface area contributed by atoms with Crippen molar-refractivity contribution >= 4 is 90.4 Å². The van der Waals surface area contributed by atoms with Crippen LogP contribution >= 0.6 is 39.1 Å². The Labute approximate surface area is 639 Å². The molecule has 0 fully saturated rings. The van der Waals surface area contributed by atoms with Crippen LogP contribution in [-0.2, 0) is 26.7 Å². The molecular weight excluding hydrogens is 1480 g/mol. The number of rotatable bonds is 16. The number of ether oxygens (including phenoxy) is 1. The number of alkyl halides is 7. The number of aliphatic imine (C=N–C) groups is 1. The maximum atomic E-state index is 12.8. The van der Waals surface area contributed by atoms with Gasteiger partial charge in [0, 0.05) is 90.1 Å². The molecule has 0 spiro atoms. The molecule has 2 aromatic carbocycles. The van der Waals surface area contributed by atoms with Gasteiger partial charge >= 0.3 is 66.5 Å².